The van der Waals surface area contributed by atoms with Crippen LogP contribution in [0.15, 0.2) is 24.3 Å². The van der Waals surface area contributed by atoms with Crippen LogP contribution in [0.25, 0.3) is 0 Å². The van der Waals surface area contributed by atoms with Crippen LogP contribution in [0.1, 0.15) is 110 Å². The minimum atomic E-state index is -1.79. The van der Waals surface area contributed by atoms with Gasteiger partial charge in [-0.1, -0.05) is 78.6 Å². The first-order valence-corrected chi connectivity index (χ1v) is 19.9. The molecule has 0 aliphatic carbocycles. The molecule has 19 nitrogen and oxygen atoms in total. The molecule has 0 spiro atoms. The van der Waals surface area contributed by atoms with Crippen molar-refractivity contribution in [1.82, 2.24) is 31.9 Å². The summed E-state index contributed by atoms with van der Waals surface area (Å²) in [7, 11) is 0. The number of carbonyl (C=O) groups is 10. The van der Waals surface area contributed by atoms with Crippen LogP contribution < -0.4 is 31.9 Å². The second kappa shape index (κ2) is 25.6. The molecule has 1 aromatic rings. The first kappa shape index (κ1) is 52.1. The SMILES string of the molecule is CCCC[C@@H](C=O)NC(=O)[C@H](CC(C)C)NC(=O)[C@@H](NC(=O)[C@H](Cc1ccccc1C)NC(=O)[C@H](CCC(=O)O)NC(=O)[C@H](CC(=O)O)NC(=O)CCC(=O)O)C(C)(C)C. The van der Waals surface area contributed by atoms with Crippen molar-refractivity contribution >= 4 is 59.6 Å². The van der Waals surface area contributed by atoms with Gasteiger partial charge < -0.3 is 52.0 Å². The Hall–Kier alpha value is -5.88. The van der Waals surface area contributed by atoms with E-state index in [1.54, 1.807) is 52.0 Å². The summed E-state index contributed by atoms with van der Waals surface area (Å²) in [5, 5.41) is 42.7. The van der Waals surface area contributed by atoms with Crippen molar-refractivity contribution in [3.05, 3.63) is 35.4 Å². The zero-order valence-corrected chi connectivity index (χ0v) is 35.4. The van der Waals surface area contributed by atoms with Gasteiger partial charge in [0.2, 0.25) is 35.4 Å². The monoisotopic (exact) mass is 846 g/mol. The van der Waals surface area contributed by atoms with Crippen molar-refractivity contribution in [3.8, 4) is 0 Å². The Kier molecular flexibility index (Phi) is 22.2. The van der Waals surface area contributed by atoms with E-state index in [0.717, 1.165) is 12.0 Å². The van der Waals surface area contributed by atoms with Crippen LogP contribution in [0.4, 0.5) is 0 Å². The summed E-state index contributed by atoms with van der Waals surface area (Å²) in [6.07, 6.45) is -0.771. The highest BCUT2D eigenvalue weighted by Gasteiger charge is 2.38. The van der Waals surface area contributed by atoms with Gasteiger partial charge in [0.25, 0.3) is 0 Å². The number of carboxylic acid groups (broad SMARTS) is 3. The van der Waals surface area contributed by atoms with Crippen LogP contribution in [-0.2, 0) is 54.4 Å². The molecular formula is C41H62N6O13. The molecule has 1 rings (SSSR count). The second-order valence-corrected chi connectivity index (χ2v) is 16.2. The zero-order valence-electron chi connectivity index (χ0n) is 35.4. The number of amides is 6. The van der Waals surface area contributed by atoms with Gasteiger partial charge in [0.1, 0.15) is 36.5 Å². The molecule has 0 radical (unpaired) electrons. The number of carboxylic acids is 3. The molecule has 6 amide bonds. The van der Waals surface area contributed by atoms with E-state index in [4.69, 9.17) is 5.11 Å². The van der Waals surface area contributed by atoms with Crippen LogP contribution in [0.5, 0.6) is 0 Å². The lowest BCUT2D eigenvalue weighted by molar-refractivity contribution is -0.142. The molecule has 334 valence electrons. The molecule has 0 saturated heterocycles. The highest BCUT2D eigenvalue weighted by Crippen LogP contribution is 2.21. The van der Waals surface area contributed by atoms with Crippen LogP contribution in [-0.4, -0.2) is 111 Å². The zero-order chi connectivity index (χ0) is 45.7. The van der Waals surface area contributed by atoms with E-state index >= 15 is 0 Å². The largest absolute Gasteiger partial charge is 0.481 e. The fourth-order valence-corrected chi connectivity index (χ4v) is 5.98. The molecule has 19 heteroatoms. The maximum atomic E-state index is 14.2. The number of benzene rings is 1. The van der Waals surface area contributed by atoms with Crippen molar-refractivity contribution in [2.45, 2.75) is 149 Å². The van der Waals surface area contributed by atoms with E-state index in [9.17, 15) is 58.2 Å². The third-order valence-corrected chi connectivity index (χ3v) is 9.31. The van der Waals surface area contributed by atoms with Crippen LogP contribution in [0.3, 0.4) is 0 Å². The number of aryl methyl sites for hydroxylation is 1. The van der Waals surface area contributed by atoms with E-state index in [2.05, 4.69) is 31.9 Å². The minimum absolute atomic E-state index is 0.0649. The molecule has 60 heavy (non-hydrogen) atoms. The number of unbranched alkanes of at least 4 members (excludes halogenated alkanes) is 1. The van der Waals surface area contributed by atoms with Crippen LogP contribution >= 0.6 is 0 Å². The number of hydrogen-bond donors (Lipinski definition) is 9. The molecule has 0 fully saturated rings. The fraction of sp³-hybridized carbons (Fsp3) is 0.610. The van der Waals surface area contributed by atoms with Gasteiger partial charge in [-0.15, -0.1) is 0 Å². The van der Waals surface area contributed by atoms with Crippen molar-refractivity contribution in [3.63, 3.8) is 0 Å². The summed E-state index contributed by atoms with van der Waals surface area (Å²) < 4.78 is 0. The molecule has 0 bridgehead atoms. The predicted molar refractivity (Wildman–Crippen MR) is 217 cm³/mol. The Bertz CT molecular complexity index is 1690. The average Bonchev–Trinajstić information content (AvgIpc) is 3.14. The maximum absolute atomic E-state index is 14.2. The summed E-state index contributed by atoms with van der Waals surface area (Å²) in [5.41, 5.74) is 0.359. The van der Waals surface area contributed by atoms with Crippen LogP contribution in [0, 0.1) is 18.3 Å². The molecule has 0 aromatic heterocycles. The van der Waals surface area contributed by atoms with Gasteiger partial charge >= 0.3 is 17.9 Å². The normalized spacial score (nSPS) is 14.2. The van der Waals surface area contributed by atoms with Gasteiger partial charge in [-0.2, -0.15) is 0 Å². The smallest absolute Gasteiger partial charge is 0.305 e. The Balaban J connectivity index is 3.54. The first-order chi connectivity index (χ1) is 28.0. The summed E-state index contributed by atoms with van der Waals surface area (Å²) >= 11 is 0. The summed E-state index contributed by atoms with van der Waals surface area (Å²) in [6.45, 7) is 12.4. The molecule has 9 N–H and O–H groups in total. The van der Waals surface area contributed by atoms with Crippen LogP contribution in [0.2, 0.25) is 0 Å². The number of hydrogen-bond acceptors (Lipinski definition) is 10. The summed E-state index contributed by atoms with van der Waals surface area (Å²) in [4.78, 5) is 127. The summed E-state index contributed by atoms with van der Waals surface area (Å²) in [6, 6.07) is -1.14. The molecule has 0 unspecified atom stereocenters. The lowest BCUT2D eigenvalue weighted by atomic mass is 9.85. The van der Waals surface area contributed by atoms with E-state index in [1.165, 1.54) is 0 Å². The molecule has 0 heterocycles. The Morgan fingerprint density at radius 3 is 1.73 bits per heavy atom. The minimum Gasteiger partial charge on any atom is -0.481 e. The maximum Gasteiger partial charge on any atom is 0.305 e. The standard InChI is InChI=1S/C41H62N6O13/c1-8-9-14-26(22-48)42-37(57)28(19-23(2)3)46-40(60)35(41(5,6)7)47-39(59)29(20-25-13-11-10-12-24(25)4)45-36(56)27(15-17-32(50)51)44-38(58)30(21-34(54)55)43-31(49)16-18-33(52)53/h10-13,22-23,26-30,35H,8-9,14-21H2,1-7H3,(H,42,57)(H,43,49)(H,44,58)(H,45,56)(H,46,60)(H,47,59)(H,50,51)(H,52,53)(H,54,55)/t26-,27-,28-,29-,30-,35+/m0/s1. The van der Waals surface area contributed by atoms with Crippen molar-refractivity contribution < 1.29 is 63.3 Å². The number of rotatable bonds is 27. The lowest BCUT2D eigenvalue weighted by Gasteiger charge is -2.33. The third-order valence-electron chi connectivity index (χ3n) is 9.31. The van der Waals surface area contributed by atoms with Gasteiger partial charge in [-0.25, -0.2) is 0 Å². The highest BCUT2D eigenvalue weighted by molar-refractivity contribution is 5.97. The summed E-state index contributed by atoms with van der Waals surface area (Å²) in [5.74, 6) is -9.64. The second-order valence-electron chi connectivity index (χ2n) is 16.2. The topological polar surface area (TPSA) is 304 Å². The van der Waals surface area contributed by atoms with Gasteiger partial charge in [0.05, 0.1) is 18.9 Å². The number of aliphatic carboxylic acids is 3. The van der Waals surface area contributed by atoms with Crippen molar-refractivity contribution in [2.75, 3.05) is 0 Å². The van der Waals surface area contributed by atoms with E-state index < -0.39 is 127 Å². The quantitative estimate of drug-likeness (QED) is 0.0562. The highest BCUT2D eigenvalue weighted by atomic mass is 16.4. The number of aldehydes is 1. The number of nitrogens with one attached hydrogen (secondary N) is 6. The van der Waals surface area contributed by atoms with Crippen molar-refractivity contribution in [1.29, 1.82) is 0 Å². The van der Waals surface area contributed by atoms with Gasteiger partial charge in [-0.3, -0.25) is 43.2 Å². The Morgan fingerprint density at radius 1 is 0.650 bits per heavy atom. The first-order valence-electron chi connectivity index (χ1n) is 19.9. The lowest BCUT2D eigenvalue weighted by Crippen LogP contribution is -2.62. The Labute approximate surface area is 350 Å². The molecule has 0 aliphatic heterocycles. The Morgan fingerprint density at radius 2 is 1.20 bits per heavy atom. The van der Waals surface area contributed by atoms with Gasteiger partial charge in [0.15, 0.2) is 0 Å². The third kappa shape index (κ3) is 19.7. The van der Waals surface area contributed by atoms with Crippen molar-refractivity contribution in [2.24, 2.45) is 11.3 Å². The van der Waals surface area contributed by atoms with Gasteiger partial charge in [-0.05, 0) is 48.6 Å². The molecule has 0 aliphatic rings. The van der Waals surface area contributed by atoms with E-state index in [1.807, 2.05) is 20.8 Å². The predicted octanol–water partition coefficient (Wildman–Crippen LogP) is 1.13. The molecule has 0 saturated carbocycles. The molecule has 6 atom stereocenters. The average molecular weight is 847 g/mol. The number of carbonyl (C=O) groups excluding carboxylic acids is 7. The fourth-order valence-electron chi connectivity index (χ4n) is 5.98. The van der Waals surface area contributed by atoms with E-state index in [0.29, 0.717) is 24.7 Å². The van der Waals surface area contributed by atoms with E-state index in [-0.39, 0.29) is 18.8 Å². The van der Waals surface area contributed by atoms with Gasteiger partial charge in [0, 0.05) is 19.3 Å². The molecular weight excluding hydrogens is 784 g/mol. The molecule has 1 aromatic carbocycles.